The third-order valence-corrected chi connectivity index (χ3v) is 1.90. The number of rotatable bonds is 2. The van der Waals surface area contributed by atoms with E-state index in [-0.39, 0.29) is 16.8 Å². The summed E-state index contributed by atoms with van der Waals surface area (Å²) < 4.78 is 0. The van der Waals surface area contributed by atoms with Gasteiger partial charge in [0.1, 0.15) is 5.75 Å². The molecule has 80 valence electrons. The maximum absolute atomic E-state index is 11.0. The lowest BCUT2D eigenvalue weighted by Gasteiger charge is -2.08. The van der Waals surface area contributed by atoms with Crippen LogP contribution in [0.25, 0.3) is 0 Å². The SMILES string of the molecule is CCC(=O)NC(=S)Nc1ccc(O)cc1. The summed E-state index contributed by atoms with van der Waals surface area (Å²) in [5.41, 5.74) is 0.717. The molecule has 15 heavy (non-hydrogen) atoms. The third-order valence-electron chi connectivity index (χ3n) is 1.70. The summed E-state index contributed by atoms with van der Waals surface area (Å²) in [6.45, 7) is 1.75. The number of nitrogens with one attached hydrogen (secondary N) is 2. The standard InChI is InChI=1S/C10H12N2O2S/c1-2-9(14)12-10(15)11-7-3-5-8(13)6-4-7/h3-6,13H,2H2,1H3,(H2,11,12,14,15). The lowest BCUT2D eigenvalue weighted by Crippen LogP contribution is -2.33. The number of thiocarbonyl (C=S) groups is 1. The molecule has 4 nitrogen and oxygen atoms in total. The maximum Gasteiger partial charge on any atom is 0.225 e. The molecule has 0 saturated heterocycles. The number of carbonyl (C=O) groups excluding carboxylic acids is 1. The van der Waals surface area contributed by atoms with Crippen molar-refractivity contribution in [3.8, 4) is 5.75 Å². The highest BCUT2D eigenvalue weighted by molar-refractivity contribution is 7.80. The van der Waals surface area contributed by atoms with E-state index in [1.165, 1.54) is 12.1 Å². The average molecular weight is 224 g/mol. The summed E-state index contributed by atoms with van der Waals surface area (Å²) in [4.78, 5) is 11.0. The topological polar surface area (TPSA) is 61.4 Å². The van der Waals surface area contributed by atoms with Gasteiger partial charge in [0.25, 0.3) is 0 Å². The van der Waals surface area contributed by atoms with Crippen LogP contribution in [-0.4, -0.2) is 16.1 Å². The van der Waals surface area contributed by atoms with Gasteiger partial charge in [-0.15, -0.1) is 0 Å². The Morgan fingerprint density at radius 2 is 2.00 bits per heavy atom. The van der Waals surface area contributed by atoms with Crippen molar-refractivity contribution in [3.05, 3.63) is 24.3 Å². The minimum atomic E-state index is -0.133. The minimum Gasteiger partial charge on any atom is -0.508 e. The normalized spacial score (nSPS) is 9.40. The Kier molecular flexibility index (Phi) is 4.05. The molecule has 0 bridgehead atoms. The number of phenolic OH excluding ortho intramolecular Hbond substituents is 1. The number of carbonyl (C=O) groups is 1. The molecule has 0 heterocycles. The smallest absolute Gasteiger partial charge is 0.225 e. The molecule has 0 atom stereocenters. The summed E-state index contributed by atoms with van der Waals surface area (Å²) in [6, 6.07) is 6.40. The Hall–Kier alpha value is -1.62. The van der Waals surface area contributed by atoms with E-state index in [1.54, 1.807) is 19.1 Å². The fraction of sp³-hybridized carbons (Fsp3) is 0.200. The lowest BCUT2D eigenvalue weighted by molar-refractivity contribution is -0.119. The highest BCUT2D eigenvalue weighted by Crippen LogP contribution is 2.13. The van der Waals surface area contributed by atoms with Gasteiger partial charge in [-0.05, 0) is 36.5 Å². The van der Waals surface area contributed by atoms with Crippen LogP contribution in [0.5, 0.6) is 5.75 Å². The first kappa shape index (κ1) is 11.5. The van der Waals surface area contributed by atoms with Crippen LogP contribution in [0, 0.1) is 0 Å². The average Bonchev–Trinajstić information content (AvgIpc) is 2.21. The fourth-order valence-electron chi connectivity index (χ4n) is 0.922. The molecule has 0 saturated carbocycles. The van der Waals surface area contributed by atoms with Crippen LogP contribution in [0.15, 0.2) is 24.3 Å². The van der Waals surface area contributed by atoms with Crippen molar-refractivity contribution in [1.82, 2.24) is 5.32 Å². The Morgan fingerprint density at radius 1 is 1.40 bits per heavy atom. The zero-order valence-corrected chi connectivity index (χ0v) is 9.10. The summed E-state index contributed by atoms with van der Waals surface area (Å²) in [5.74, 6) is 0.0512. The number of phenols is 1. The van der Waals surface area contributed by atoms with Gasteiger partial charge < -0.3 is 15.7 Å². The predicted octanol–water partition coefficient (Wildman–Crippen LogP) is 1.62. The van der Waals surface area contributed by atoms with Gasteiger partial charge in [0.2, 0.25) is 5.91 Å². The van der Waals surface area contributed by atoms with Crippen molar-refractivity contribution in [1.29, 1.82) is 0 Å². The van der Waals surface area contributed by atoms with Crippen LogP contribution in [-0.2, 0) is 4.79 Å². The lowest BCUT2D eigenvalue weighted by atomic mass is 10.3. The molecule has 0 aliphatic rings. The molecule has 0 aliphatic heterocycles. The van der Waals surface area contributed by atoms with Crippen molar-refractivity contribution in [2.45, 2.75) is 13.3 Å². The van der Waals surface area contributed by atoms with Crippen LogP contribution in [0.3, 0.4) is 0 Å². The van der Waals surface area contributed by atoms with Crippen molar-refractivity contribution >= 4 is 28.9 Å². The number of hydrogen-bond acceptors (Lipinski definition) is 3. The summed E-state index contributed by atoms with van der Waals surface area (Å²) >= 11 is 4.91. The van der Waals surface area contributed by atoms with Gasteiger partial charge in [-0.1, -0.05) is 6.92 Å². The van der Waals surface area contributed by atoms with Gasteiger partial charge in [0.05, 0.1) is 0 Å². The second-order valence-corrected chi connectivity index (χ2v) is 3.31. The molecule has 0 aromatic heterocycles. The van der Waals surface area contributed by atoms with Gasteiger partial charge >= 0.3 is 0 Å². The number of aromatic hydroxyl groups is 1. The maximum atomic E-state index is 11.0. The van der Waals surface area contributed by atoms with Crippen LogP contribution in [0.4, 0.5) is 5.69 Å². The predicted molar refractivity (Wildman–Crippen MR) is 62.8 cm³/mol. The van der Waals surface area contributed by atoms with E-state index >= 15 is 0 Å². The zero-order valence-electron chi connectivity index (χ0n) is 8.28. The molecular weight excluding hydrogens is 212 g/mol. The summed E-state index contributed by atoms with van der Waals surface area (Å²) in [7, 11) is 0. The van der Waals surface area contributed by atoms with E-state index in [4.69, 9.17) is 17.3 Å². The van der Waals surface area contributed by atoms with Crippen LogP contribution in [0.1, 0.15) is 13.3 Å². The molecule has 0 fully saturated rings. The third kappa shape index (κ3) is 3.95. The Bertz CT molecular complexity index is 362. The van der Waals surface area contributed by atoms with Crippen molar-refractivity contribution in [3.63, 3.8) is 0 Å². The summed E-state index contributed by atoms with van der Waals surface area (Å²) in [6.07, 6.45) is 0.386. The molecule has 5 heteroatoms. The first-order valence-electron chi connectivity index (χ1n) is 4.51. The van der Waals surface area contributed by atoms with Crippen LogP contribution >= 0.6 is 12.2 Å². The minimum absolute atomic E-state index is 0.133. The number of hydrogen-bond donors (Lipinski definition) is 3. The number of benzene rings is 1. The molecule has 0 aliphatic carbocycles. The second kappa shape index (κ2) is 5.31. The quantitative estimate of drug-likeness (QED) is 0.527. The Labute approximate surface area is 93.3 Å². The Balaban J connectivity index is 2.51. The molecule has 1 amide bonds. The highest BCUT2D eigenvalue weighted by atomic mass is 32.1. The fourth-order valence-corrected chi connectivity index (χ4v) is 1.15. The molecule has 1 aromatic carbocycles. The second-order valence-electron chi connectivity index (χ2n) is 2.90. The molecule has 0 unspecified atom stereocenters. The molecular formula is C10H12N2O2S. The van der Waals surface area contributed by atoms with E-state index in [2.05, 4.69) is 10.6 Å². The van der Waals surface area contributed by atoms with Crippen LogP contribution < -0.4 is 10.6 Å². The van der Waals surface area contributed by atoms with Gasteiger partial charge in [0.15, 0.2) is 5.11 Å². The highest BCUT2D eigenvalue weighted by Gasteiger charge is 2.01. The molecule has 0 spiro atoms. The van der Waals surface area contributed by atoms with E-state index in [9.17, 15) is 4.79 Å². The van der Waals surface area contributed by atoms with Crippen molar-refractivity contribution < 1.29 is 9.90 Å². The Morgan fingerprint density at radius 3 is 2.53 bits per heavy atom. The van der Waals surface area contributed by atoms with Crippen molar-refractivity contribution in [2.24, 2.45) is 0 Å². The first-order chi connectivity index (χ1) is 7.11. The van der Waals surface area contributed by atoms with E-state index in [1.807, 2.05) is 0 Å². The van der Waals surface area contributed by atoms with E-state index < -0.39 is 0 Å². The largest absolute Gasteiger partial charge is 0.508 e. The number of anilines is 1. The molecule has 1 aromatic rings. The van der Waals surface area contributed by atoms with Gasteiger partial charge in [0, 0.05) is 12.1 Å². The van der Waals surface area contributed by atoms with Gasteiger partial charge in [-0.25, -0.2) is 0 Å². The zero-order chi connectivity index (χ0) is 11.3. The first-order valence-corrected chi connectivity index (χ1v) is 4.92. The molecule has 1 rings (SSSR count). The van der Waals surface area contributed by atoms with Crippen molar-refractivity contribution in [2.75, 3.05) is 5.32 Å². The van der Waals surface area contributed by atoms with Gasteiger partial charge in [-0.2, -0.15) is 0 Å². The van der Waals surface area contributed by atoms with Gasteiger partial charge in [-0.3, -0.25) is 4.79 Å². The monoisotopic (exact) mass is 224 g/mol. The summed E-state index contributed by atoms with van der Waals surface area (Å²) in [5, 5.41) is 14.6. The van der Waals surface area contributed by atoms with Crippen LogP contribution in [0.2, 0.25) is 0 Å². The van der Waals surface area contributed by atoms with E-state index in [0.29, 0.717) is 12.1 Å². The molecule has 0 radical (unpaired) electrons. The molecule has 3 N–H and O–H groups in total. The number of amides is 1. The van der Waals surface area contributed by atoms with E-state index in [0.717, 1.165) is 0 Å².